The van der Waals surface area contributed by atoms with Crippen LogP contribution in [0.25, 0.3) is 0 Å². The molecule has 108 valence electrons. The van der Waals surface area contributed by atoms with Gasteiger partial charge in [0.1, 0.15) is 0 Å². The number of nitrogens with two attached hydrogens (primary N) is 1. The summed E-state index contributed by atoms with van der Waals surface area (Å²) in [6, 6.07) is 0. The van der Waals surface area contributed by atoms with E-state index in [1.165, 1.54) is 0 Å². The Balaban J connectivity index is 2.62. The van der Waals surface area contributed by atoms with E-state index >= 15 is 0 Å². The summed E-state index contributed by atoms with van der Waals surface area (Å²) in [6.45, 7) is 0.322. The molecule has 0 atom stereocenters. The van der Waals surface area contributed by atoms with E-state index in [0.717, 1.165) is 25.7 Å². The molecule has 1 fully saturated rings. The van der Waals surface area contributed by atoms with Gasteiger partial charge in [-0.3, -0.25) is 9.59 Å². The highest BCUT2D eigenvalue weighted by molar-refractivity contribution is 7.80. The van der Waals surface area contributed by atoms with Crippen molar-refractivity contribution in [3.63, 3.8) is 0 Å². The maximum Gasteiger partial charge on any atom is 0.233 e. The van der Waals surface area contributed by atoms with E-state index in [2.05, 4.69) is 10.6 Å². The standard InChI is InChI=1S/C13H23N3O2S/c1-15-10(17)6-9-16-12(18)13(11(14)19)7-4-2-3-5-8-13/h2-9H2,1H3,(H2,14,19)(H,15,17)(H,16,18). The number of amides is 2. The van der Waals surface area contributed by atoms with Crippen LogP contribution in [0.15, 0.2) is 0 Å². The molecule has 0 unspecified atom stereocenters. The molecular weight excluding hydrogens is 262 g/mol. The molecule has 1 saturated carbocycles. The van der Waals surface area contributed by atoms with Gasteiger partial charge in [-0.15, -0.1) is 0 Å². The second kappa shape index (κ2) is 7.43. The van der Waals surface area contributed by atoms with E-state index in [-0.39, 0.29) is 23.2 Å². The van der Waals surface area contributed by atoms with Gasteiger partial charge in [-0.2, -0.15) is 0 Å². The minimum Gasteiger partial charge on any atom is -0.392 e. The maximum absolute atomic E-state index is 12.4. The first-order valence-corrected chi connectivity index (χ1v) is 7.22. The number of thiocarbonyl (C=S) groups is 1. The molecule has 19 heavy (non-hydrogen) atoms. The lowest BCUT2D eigenvalue weighted by Crippen LogP contribution is -2.49. The minimum atomic E-state index is -0.714. The molecule has 0 bridgehead atoms. The highest BCUT2D eigenvalue weighted by atomic mass is 32.1. The predicted molar refractivity (Wildman–Crippen MR) is 78.6 cm³/mol. The molecule has 2 amide bonds. The Hall–Kier alpha value is -1.17. The number of hydrogen-bond acceptors (Lipinski definition) is 3. The summed E-state index contributed by atoms with van der Waals surface area (Å²) >= 11 is 5.13. The smallest absolute Gasteiger partial charge is 0.233 e. The lowest BCUT2D eigenvalue weighted by Gasteiger charge is -2.30. The van der Waals surface area contributed by atoms with Crippen molar-refractivity contribution in [2.45, 2.75) is 44.9 Å². The average molecular weight is 285 g/mol. The summed E-state index contributed by atoms with van der Waals surface area (Å²) in [4.78, 5) is 23.8. The van der Waals surface area contributed by atoms with Gasteiger partial charge in [0.25, 0.3) is 0 Å². The fraction of sp³-hybridized carbons (Fsp3) is 0.769. The van der Waals surface area contributed by atoms with E-state index < -0.39 is 5.41 Å². The van der Waals surface area contributed by atoms with Crippen LogP contribution in [0.5, 0.6) is 0 Å². The summed E-state index contributed by atoms with van der Waals surface area (Å²) in [5.74, 6) is -0.212. The Labute approximate surface area is 119 Å². The van der Waals surface area contributed by atoms with Crippen LogP contribution >= 0.6 is 12.2 Å². The van der Waals surface area contributed by atoms with Crippen LogP contribution < -0.4 is 16.4 Å². The average Bonchev–Trinajstić information content (AvgIpc) is 2.64. The fourth-order valence-electron chi connectivity index (χ4n) is 2.50. The molecule has 5 nitrogen and oxygen atoms in total. The highest BCUT2D eigenvalue weighted by Gasteiger charge is 2.41. The Morgan fingerprint density at radius 2 is 1.79 bits per heavy atom. The van der Waals surface area contributed by atoms with Crippen molar-refractivity contribution >= 4 is 29.0 Å². The van der Waals surface area contributed by atoms with Crippen molar-refractivity contribution in [3.05, 3.63) is 0 Å². The number of carbonyl (C=O) groups is 2. The van der Waals surface area contributed by atoms with Crippen LogP contribution in [0.2, 0.25) is 0 Å². The van der Waals surface area contributed by atoms with E-state index in [9.17, 15) is 9.59 Å². The lowest BCUT2D eigenvalue weighted by molar-refractivity contribution is -0.128. The second-order valence-electron chi connectivity index (χ2n) is 5.04. The van der Waals surface area contributed by atoms with Crippen molar-refractivity contribution in [2.75, 3.05) is 13.6 Å². The molecule has 0 aliphatic heterocycles. The molecule has 0 radical (unpaired) electrons. The van der Waals surface area contributed by atoms with E-state index in [0.29, 0.717) is 19.4 Å². The van der Waals surface area contributed by atoms with Crippen LogP contribution in [-0.2, 0) is 9.59 Å². The second-order valence-corrected chi connectivity index (χ2v) is 5.48. The quantitative estimate of drug-likeness (QED) is 0.517. The summed E-state index contributed by atoms with van der Waals surface area (Å²) in [5, 5.41) is 5.32. The van der Waals surface area contributed by atoms with Crippen molar-refractivity contribution in [3.8, 4) is 0 Å². The molecule has 0 spiro atoms. The lowest BCUT2D eigenvalue weighted by atomic mass is 9.79. The van der Waals surface area contributed by atoms with Crippen molar-refractivity contribution in [1.29, 1.82) is 0 Å². The van der Waals surface area contributed by atoms with Gasteiger partial charge in [-0.1, -0.05) is 37.9 Å². The van der Waals surface area contributed by atoms with Crippen LogP contribution in [0.1, 0.15) is 44.9 Å². The summed E-state index contributed by atoms with van der Waals surface area (Å²) in [6.07, 6.45) is 5.89. The van der Waals surface area contributed by atoms with Crippen molar-refractivity contribution < 1.29 is 9.59 Å². The molecule has 4 N–H and O–H groups in total. The van der Waals surface area contributed by atoms with Crippen molar-refractivity contribution in [1.82, 2.24) is 10.6 Å². The Bertz CT molecular complexity index is 350. The first-order chi connectivity index (χ1) is 9.03. The number of nitrogens with one attached hydrogen (secondary N) is 2. The third kappa shape index (κ3) is 4.16. The highest BCUT2D eigenvalue weighted by Crippen LogP contribution is 2.35. The van der Waals surface area contributed by atoms with Crippen LogP contribution in [0.4, 0.5) is 0 Å². The van der Waals surface area contributed by atoms with Crippen LogP contribution in [0.3, 0.4) is 0 Å². The third-order valence-corrected chi connectivity index (χ3v) is 4.17. The molecule has 1 aliphatic rings. The topological polar surface area (TPSA) is 84.2 Å². The maximum atomic E-state index is 12.4. The molecular formula is C13H23N3O2S. The number of rotatable bonds is 5. The zero-order valence-corrected chi connectivity index (χ0v) is 12.3. The van der Waals surface area contributed by atoms with Gasteiger partial charge in [0.2, 0.25) is 11.8 Å². The Morgan fingerprint density at radius 1 is 1.21 bits per heavy atom. The van der Waals surface area contributed by atoms with Crippen LogP contribution in [-0.4, -0.2) is 30.4 Å². The van der Waals surface area contributed by atoms with Gasteiger partial charge in [-0.25, -0.2) is 0 Å². The van der Waals surface area contributed by atoms with Gasteiger partial charge < -0.3 is 16.4 Å². The molecule has 0 aromatic rings. The normalized spacial score (nSPS) is 18.2. The SMILES string of the molecule is CNC(=O)CCNC(=O)C1(C(N)=S)CCCCCC1. The van der Waals surface area contributed by atoms with Crippen LogP contribution in [0, 0.1) is 5.41 Å². The van der Waals surface area contributed by atoms with Gasteiger partial charge in [0.15, 0.2) is 0 Å². The van der Waals surface area contributed by atoms with Gasteiger partial charge in [-0.05, 0) is 12.8 Å². The van der Waals surface area contributed by atoms with E-state index in [4.69, 9.17) is 18.0 Å². The van der Waals surface area contributed by atoms with Gasteiger partial charge in [0.05, 0.1) is 10.4 Å². The molecule has 0 aromatic heterocycles. The van der Waals surface area contributed by atoms with Gasteiger partial charge >= 0.3 is 0 Å². The van der Waals surface area contributed by atoms with Gasteiger partial charge in [0, 0.05) is 20.0 Å². The number of hydrogen-bond donors (Lipinski definition) is 3. The molecule has 1 rings (SSSR count). The van der Waals surface area contributed by atoms with Crippen molar-refractivity contribution in [2.24, 2.45) is 11.1 Å². The summed E-state index contributed by atoms with van der Waals surface area (Å²) < 4.78 is 0. The molecule has 1 aliphatic carbocycles. The first kappa shape index (κ1) is 15.9. The van der Waals surface area contributed by atoms with E-state index in [1.54, 1.807) is 7.05 Å². The first-order valence-electron chi connectivity index (χ1n) is 6.82. The molecule has 6 heteroatoms. The predicted octanol–water partition coefficient (Wildman–Crippen LogP) is 0.865. The monoisotopic (exact) mass is 285 g/mol. The molecule has 0 heterocycles. The summed E-state index contributed by atoms with van der Waals surface area (Å²) in [7, 11) is 1.58. The minimum absolute atomic E-state index is 0.0921. The fourth-order valence-corrected chi connectivity index (χ4v) is 2.80. The third-order valence-electron chi connectivity index (χ3n) is 3.78. The zero-order valence-electron chi connectivity index (χ0n) is 11.5. The molecule has 0 aromatic carbocycles. The largest absolute Gasteiger partial charge is 0.392 e. The van der Waals surface area contributed by atoms with E-state index in [1.807, 2.05) is 0 Å². The Morgan fingerprint density at radius 3 is 2.26 bits per heavy atom. The summed E-state index contributed by atoms with van der Waals surface area (Å²) in [5.41, 5.74) is 5.11. The number of carbonyl (C=O) groups excluding carboxylic acids is 2. The molecule has 0 saturated heterocycles. The zero-order chi connectivity index (χ0) is 14.3. The Kier molecular flexibility index (Phi) is 6.21.